The Balaban J connectivity index is 2.44. The van der Waals surface area contributed by atoms with Crippen molar-refractivity contribution in [1.82, 2.24) is 5.43 Å². The van der Waals surface area contributed by atoms with E-state index in [0.717, 1.165) is 29.2 Å². The summed E-state index contributed by atoms with van der Waals surface area (Å²) < 4.78 is 11.3. The second kappa shape index (κ2) is 5.66. The van der Waals surface area contributed by atoms with Crippen LogP contribution in [0.5, 0.6) is 11.5 Å². The summed E-state index contributed by atoms with van der Waals surface area (Å²) in [6, 6.07) is 5.69. The molecular formula is C14H19N3O2S. The average Bonchev–Trinajstić information content (AvgIpc) is 2.43. The number of thiocarbonyl (C=S) groups is 1. The minimum absolute atomic E-state index is 0.150. The molecule has 1 aromatic carbocycles. The Hall–Kier alpha value is -1.82. The number of hydrazone groups is 1. The largest absolute Gasteiger partial charge is 0.497 e. The van der Waals surface area contributed by atoms with Gasteiger partial charge in [-0.1, -0.05) is 6.92 Å². The second-order valence-corrected chi connectivity index (χ2v) is 5.42. The number of nitrogens with zero attached hydrogens (tertiary/aromatic N) is 1. The summed E-state index contributed by atoms with van der Waals surface area (Å²) in [6.45, 7) is 4.15. The van der Waals surface area contributed by atoms with Crippen LogP contribution in [0.3, 0.4) is 0 Å². The van der Waals surface area contributed by atoms with Gasteiger partial charge in [-0.3, -0.25) is 5.43 Å². The van der Waals surface area contributed by atoms with Crippen LogP contribution in [0.4, 0.5) is 0 Å². The molecule has 0 radical (unpaired) electrons. The molecule has 6 heteroatoms. The zero-order chi connectivity index (χ0) is 14.8. The Labute approximate surface area is 124 Å². The van der Waals surface area contributed by atoms with Crippen molar-refractivity contribution in [2.45, 2.75) is 32.3 Å². The van der Waals surface area contributed by atoms with Crippen molar-refractivity contribution >= 4 is 23.0 Å². The molecule has 0 saturated carbocycles. The predicted octanol–water partition coefficient (Wildman–Crippen LogP) is 2.18. The van der Waals surface area contributed by atoms with Gasteiger partial charge in [-0.15, -0.1) is 0 Å². The van der Waals surface area contributed by atoms with Crippen LogP contribution in [-0.4, -0.2) is 23.5 Å². The monoisotopic (exact) mass is 293 g/mol. The van der Waals surface area contributed by atoms with E-state index in [-0.39, 0.29) is 10.7 Å². The maximum absolute atomic E-state index is 6.10. The van der Waals surface area contributed by atoms with Gasteiger partial charge in [-0.2, -0.15) is 5.10 Å². The molecule has 0 aromatic heterocycles. The van der Waals surface area contributed by atoms with Crippen LogP contribution in [0.2, 0.25) is 0 Å². The fraction of sp³-hybridized carbons (Fsp3) is 0.429. The SMILES string of the molecule is CCC1(C)C/C(=N\NC(N)=S)c2ccc(OC)cc2O1. The first kappa shape index (κ1) is 14.6. The zero-order valence-corrected chi connectivity index (χ0v) is 12.7. The third-order valence-electron chi connectivity index (χ3n) is 3.45. The normalized spacial score (nSPS) is 22.9. The van der Waals surface area contributed by atoms with Crippen LogP contribution in [0.25, 0.3) is 0 Å². The number of benzene rings is 1. The molecule has 1 unspecified atom stereocenters. The lowest BCUT2D eigenvalue weighted by Gasteiger charge is -2.35. The van der Waals surface area contributed by atoms with E-state index >= 15 is 0 Å². The Morgan fingerprint density at radius 2 is 2.35 bits per heavy atom. The smallest absolute Gasteiger partial charge is 0.184 e. The number of rotatable bonds is 3. The molecule has 20 heavy (non-hydrogen) atoms. The first-order valence-corrected chi connectivity index (χ1v) is 6.87. The highest BCUT2D eigenvalue weighted by Gasteiger charge is 2.34. The third-order valence-corrected chi connectivity index (χ3v) is 3.54. The van der Waals surface area contributed by atoms with Crippen molar-refractivity contribution in [2.24, 2.45) is 10.8 Å². The quantitative estimate of drug-likeness (QED) is 0.660. The number of ether oxygens (including phenoxy) is 2. The maximum Gasteiger partial charge on any atom is 0.184 e. The van der Waals surface area contributed by atoms with E-state index in [9.17, 15) is 0 Å². The van der Waals surface area contributed by atoms with Crippen LogP contribution in [-0.2, 0) is 0 Å². The van der Waals surface area contributed by atoms with Crippen molar-refractivity contribution in [3.05, 3.63) is 23.8 Å². The molecule has 0 bridgehead atoms. The van der Waals surface area contributed by atoms with Gasteiger partial charge in [0.1, 0.15) is 17.1 Å². The summed E-state index contributed by atoms with van der Waals surface area (Å²) >= 11 is 4.80. The predicted molar refractivity (Wildman–Crippen MR) is 83.4 cm³/mol. The highest BCUT2D eigenvalue weighted by molar-refractivity contribution is 7.80. The summed E-state index contributed by atoms with van der Waals surface area (Å²) in [5, 5.41) is 4.45. The van der Waals surface area contributed by atoms with E-state index in [4.69, 9.17) is 27.4 Å². The molecule has 0 aliphatic carbocycles. The standard InChI is InChI=1S/C14H19N3O2S/c1-4-14(2)8-11(16-17-13(15)20)10-6-5-9(18-3)7-12(10)19-14/h5-7H,4,8H2,1-3H3,(H3,15,17,20)/b16-11+. The first-order valence-electron chi connectivity index (χ1n) is 6.47. The fourth-order valence-electron chi connectivity index (χ4n) is 2.12. The molecule has 1 heterocycles. The highest BCUT2D eigenvalue weighted by Crippen LogP contribution is 2.37. The van der Waals surface area contributed by atoms with Gasteiger partial charge in [0.2, 0.25) is 0 Å². The average molecular weight is 293 g/mol. The molecule has 0 fully saturated rings. The van der Waals surface area contributed by atoms with Gasteiger partial charge in [0.05, 0.1) is 12.8 Å². The lowest BCUT2D eigenvalue weighted by atomic mass is 9.89. The fourth-order valence-corrected chi connectivity index (χ4v) is 2.17. The first-order chi connectivity index (χ1) is 9.47. The van der Waals surface area contributed by atoms with E-state index in [0.29, 0.717) is 6.42 Å². The zero-order valence-electron chi connectivity index (χ0n) is 11.9. The van der Waals surface area contributed by atoms with Gasteiger partial charge in [-0.05, 0) is 37.7 Å². The Morgan fingerprint density at radius 3 is 2.95 bits per heavy atom. The second-order valence-electron chi connectivity index (χ2n) is 4.98. The molecule has 108 valence electrons. The van der Waals surface area contributed by atoms with Gasteiger partial charge in [0.25, 0.3) is 0 Å². The Morgan fingerprint density at radius 1 is 1.60 bits per heavy atom. The number of fused-ring (bicyclic) bond motifs is 1. The van der Waals surface area contributed by atoms with Crippen molar-refractivity contribution < 1.29 is 9.47 Å². The van der Waals surface area contributed by atoms with E-state index in [1.54, 1.807) is 7.11 Å². The van der Waals surface area contributed by atoms with Gasteiger partial charge >= 0.3 is 0 Å². The molecular weight excluding hydrogens is 274 g/mol. The van der Waals surface area contributed by atoms with E-state index in [1.165, 1.54) is 0 Å². The number of hydrogen-bond acceptors (Lipinski definition) is 4. The lowest BCUT2D eigenvalue weighted by molar-refractivity contribution is 0.0858. The van der Waals surface area contributed by atoms with Crippen LogP contribution in [0.1, 0.15) is 32.3 Å². The van der Waals surface area contributed by atoms with Crippen molar-refractivity contribution in [3.8, 4) is 11.5 Å². The lowest BCUT2D eigenvalue weighted by Crippen LogP contribution is -2.39. The summed E-state index contributed by atoms with van der Waals surface area (Å²) in [6.07, 6.45) is 1.56. The van der Waals surface area contributed by atoms with E-state index < -0.39 is 0 Å². The molecule has 3 N–H and O–H groups in total. The van der Waals surface area contributed by atoms with Crippen LogP contribution in [0, 0.1) is 0 Å². The molecule has 2 rings (SSSR count). The molecule has 5 nitrogen and oxygen atoms in total. The molecule has 1 aliphatic rings. The number of hydrogen-bond donors (Lipinski definition) is 2. The summed E-state index contributed by atoms with van der Waals surface area (Å²) in [7, 11) is 1.63. The summed E-state index contributed by atoms with van der Waals surface area (Å²) in [5.41, 5.74) is 9.61. The summed E-state index contributed by atoms with van der Waals surface area (Å²) in [5.74, 6) is 1.52. The molecule has 1 aliphatic heterocycles. The van der Waals surface area contributed by atoms with Crippen LogP contribution >= 0.6 is 12.2 Å². The minimum atomic E-state index is -0.296. The molecule has 1 atom stereocenters. The van der Waals surface area contributed by atoms with Crippen molar-refractivity contribution in [3.63, 3.8) is 0 Å². The maximum atomic E-state index is 6.10. The van der Waals surface area contributed by atoms with Crippen LogP contribution < -0.4 is 20.6 Å². The van der Waals surface area contributed by atoms with Crippen molar-refractivity contribution in [1.29, 1.82) is 0 Å². The van der Waals surface area contributed by atoms with Gasteiger partial charge < -0.3 is 15.2 Å². The van der Waals surface area contributed by atoms with Crippen molar-refractivity contribution in [2.75, 3.05) is 7.11 Å². The van der Waals surface area contributed by atoms with Gasteiger partial charge in [-0.25, -0.2) is 0 Å². The molecule has 1 aromatic rings. The topological polar surface area (TPSA) is 68.9 Å². The van der Waals surface area contributed by atoms with Gasteiger partial charge in [0, 0.05) is 18.1 Å². The van der Waals surface area contributed by atoms with E-state index in [2.05, 4.69) is 24.4 Å². The van der Waals surface area contributed by atoms with E-state index in [1.807, 2.05) is 18.2 Å². The van der Waals surface area contributed by atoms with Gasteiger partial charge in [0.15, 0.2) is 5.11 Å². The highest BCUT2D eigenvalue weighted by atomic mass is 32.1. The van der Waals surface area contributed by atoms with Crippen LogP contribution in [0.15, 0.2) is 23.3 Å². The molecule has 0 spiro atoms. The molecule has 0 amide bonds. The number of methoxy groups -OCH3 is 1. The number of nitrogens with two attached hydrogens (primary N) is 1. The summed E-state index contributed by atoms with van der Waals surface area (Å²) in [4.78, 5) is 0. The Kier molecular flexibility index (Phi) is 4.13. The number of nitrogens with one attached hydrogen (secondary N) is 1. The third kappa shape index (κ3) is 3.01. The molecule has 0 saturated heterocycles. The Bertz CT molecular complexity index is 559. The minimum Gasteiger partial charge on any atom is -0.497 e.